The number of aromatic nitrogens is 1. The Balaban J connectivity index is 2.36. The van der Waals surface area contributed by atoms with Crippen molar-refractivity contribution in [2.75, 3.05) is 0 Å². The van der Waals surface area contributed by atoms with Crippen LogP contribution in [-0.2, 0) is 0 Å². The summed E-state index contributed by atoms with van der Waals surface area (Å²) in [7, 11) is 0. The Labute approximate surface area is 100 Å². The van der Waals surface area contributed by atoms with Crippen molar-refractivity contribution in [2.24, 2.45) is 5.73 Å². The highest BCUT2D eigenvalue weighted by atomic mass is 79.9. The maximum absolute atomic E-state index is 6.09. The van der Waals surface area contributed by atoms with Crippen LogP contribution in [0.15, 0.2) is 22.9 Å². The lowest BCUT2D eigenvalue weighted by Crippen LogP contribution is -2.10. The minimum atomic E-state index is 0.131. The van der Waals surface area contributed by atoms with Gasteiger partial charge in [0.15, 0.2) is 0 Å². The van der Waals surface area contributed by atoms with Crippen LogP contribution in [0.25, 0.3) is 0 Å². The molecule has 2 N–H and O–H groups in total. The molecule has 0 aliphatic heterocycles. The summed E-state index contributed by atoms with van der Waals surface area (Å²) in [5.74, 6) is 0. The number of halogens is 1. The molecular weight excluding hydrogens is 252 g/mol. The van der Waals surface area contributed by atoms with Crippen LogP contribution >= 0.6 is 15.9 Å². The van der Waals surface area contributed by atoms with Crippen molar-refractivity contribution in [1.29, 1.82) is 0 Å². The second kappa shape index (κ2) is 6.96. The van der Waals surface area contributed by atoms with E-state index >= 15 is 0 Å². The van der Waals surface area contributed by atoms with Crippen molar-refractivity contribution in [3.63, 3.8) is 0 Å². The SMILES string of the molecule is CCCCCCC(N)c1cncc(Br)c1. The van der Waals surface area contributed by atoms with Gasteiger partial charge >= 0.3 is 0 Å². The molecule has 15 heavy (non-hydrogen) atoms. The van der Waals surface area contributed by atoms with Crippen LogP contribution in [-0.4, -0.2) is 4.98 Å². The molecule has 0 saturated heterocycles. The molecule has 1 heterocycles. The van der Waals surface area contributed by atoms with E-state index in [4.69, 9.17) is 5.73 Å². The summed E-state index contributed by atoms with van der Waals surface area (Å²) in [6, 6.07) is 2.18. The van der Waals surface area contributed by atoms with Gasteiger partial charge in [-0.2, -0.15) is 0 Å². The van der Waals surface area contributed by atoms with Crippen LogP contribution in [0.2, 0.25) is 0 Å². The molecule has 1 rings (SSSR count). The second-order valence-corrected chi connectivity index (χ2v) is 4.81. The molecule has 1 unspecified atom stereocenters. The Morgan fingerprint density at radius 2 is 2.13 bits per heavy atom. The number of hydrogen-bond donors (Lipinski definition) is 1. The maximum atomic E-state index is 6.09. The topological polar surface area (TPSA) is 38.9 Å². The Morgan fingerprint density at radius 3 is 2.80 bits per heavy atom. The number of pyridine rings is 1. The summed E-state index contributed by atoms with van der Waals surface area (Å²) in [5, 5.41) is 0. The number of nitrogens with two attached hydrogens (primary N) is 1. The van der Waals surface area contributed by atoms with Crippen LogP contribution < -0.4 is 5.73 Å². The zero-order chi connectivity index (χ0) is 11.1. The molecule has 0 bridgehead atoms. The van der Waals surface area contributed by atoms with E-state index in [-0.39, 0.29) is 6.04 Å². The molecule has 0 aromatic carbocycles. The molecular formula is C12H19BrN2. The summed E-state index contributed by atoms with van der Waals surface area (Å²) in [6.07, 6.45) is 9.77. The zero-order valence-corrected chi connectivity index (χ0v) is 10.8. The van der Waals surface area contributed by atoms with Crippen LogP contribution in [0.5, 0.6) is 0 Å². The first-order chi connectivity index (χ1) is 7.24. The Hall–Kier alpha value is -0.410. The highest BCUT2D eigenvalue weighted by Crippen LogP contribution is 2.19. The summed E-state index contributed by atoms with van der Waals surface area (Å²) in [4.78, 5) is 4.12. The normalized spacial score (nSPS) is 12.7. The van der Waals surface area contributed by atoms with Gasteiger partial charge in [-0.3, -0.25) is 4.98 Å². The largest absolute Gasteiger partial charge is 0.324 e. The van der Waals surface area contributed by atoms with E-state index in [1.54, 1.807) is 6.20 Å². The molecule has 84 valence electrons. The van der Waals surface area contributed by atoms with Gasteiger partial charge in [-0.1, -0.05) is 32.6 Å². The minimum Gasteiger partial charge on any atom is -0.324 e. The number of nitrogens with zero attached hydrogens (tertiary/aromatic N) is 1. The second-order valence-electron chi connectivity index (χ2n) is 3.89. The predicted molar refractivity (Wildman–Crippen MR) is 67.6 cm³/mol. The molecule has 0 aliphatic carbocycles. The van der Waals surface area contributed by atoms with Gasteiger partial charge in [0, 0.05) is 22.9 Å². The standard InChI is InChI=1S/C12H19BrN2/c1-2-3-4-5-6-12(14)10-7-11(13)9-15-8-10/h7-9,12H,2-6,14H2,1H3. The van der Waals surface area contributed by atoms with Crippen LogP contribution in [0, 0.1) is 0 Å². The van der Waals surface area contributed by atoms with Crippen molar-refractivity contribution < 1.29 is 0 Å². The first-order valence-corrected chi connectivity index (χ1v) is 6.39. The molecule has 1 atom stereocenters. The molecule has 1 aromatic rings. The predicted octanol–water partition coefficient (Wildman–Crippen LogP) is 3.81. The monoisotopic (exact) mass is 270 g/mol. The van der Waals surface area contributed by atoms with Gasteiger partial charge in [-0.15, -0.1) is 0 Å². The van der Waals surface area contributed by atoms with Gasteiger partial charge in [0.1, 0.15) is 0 Å². The number of rotatable bonds is 6. The van der Waals surface area contributed by atoms with E-state index in [9.17, 15) is 0 Å². The van der Waals surface area contributed by atoms with Gasteiger partial charge in [-0.05, 0) is 34.0 Å². The van der Waals surface area contributed by atoms with Gasteiger partial charge < -0.3 is 5.73 Å². The molecule has 0 saturated carbocycles. The van der Waals surface area contributed by atoms with Crippen molar-refractivity contribution >= 4 is 15.9 Å². The Kier molecular flexibility index (Phi) is 5.88. The van der Waals surface area contributed by atoms with Crippen LogP contribution in [0.4, 0.5) is 0 Å². The highest BCUT2D eigenvalue weighted by Gasteiger charge is 2.06. The molecule has 0 radical (unpaired) electrons. The zero-order valence-electron chi connectivity index (χ0n) is 9.25. The smallest absolute Gasteiger partial charge is 0.0410 e. The van der Waals surface area contributed by atoms with Crippen molar-refractivity contribution in [1.82, 2.24) is 4.98 Å². The van der Waals surface area contributed by atoms with E-state index in [0.717, 1.165) is 16.5 Å². The lowest BCUT2D eigenvalue weighted by atomic mass is 10.0. The van der Waals surface area contributed by atoms with Crippen molar-refractivity contribution in [3.05, 3.63) is 28.5 Å². The van der Waals surface area contributed by atoms with Gasteiger partial charge in [0.25, 0.3) is 0 Å². The lowest BCUT2D eigenvalue weighted by Gasteiger charge is -2.11. The van der Waals surface area contributed by atoms with E-state index < -0.39 is 0 Å². The first-order valence-electron chi connectivity index (χ1n) is 5.60. The summed E-state index contributed by atoms with van der Waals surface area (Å²) in [6.45, 7) is 2.22. The van der Waals surface area contributed by atoms with E-state index in [2.05, 4.69) is 33.9 Å². The summed E-state index contributed by atoms with van der Waals surface area (Å²) in [5.41, 5.74) is 7.21. The van der Waals surface area contributed by atoms with Crippen molar-refractivity contribution in [2.45, 2.75) is 45.1 Å². The van der Waals surface area contributed by atoms with Crippen LogP contribution in [0.3, 0.4) is 0 Å². The summed E-state index contributed by atoms with van der Waals surface area (Å²) < 4.78 is 1.00. The third-order valence-electron chi connectivity index (χ3n) is 2.52. The first kappa shape index (κ1) is 12.7. The van der Waals surface area contributed by atoms with Gasteiger partial charge in [0.2, 0.25) is 0 Å². The lowest BCUT2D eigenvalue weighted by molar-refractivity contribution is 0.565. The van der Waals surface area contributed by atoms with Gasteiger partial charge in [0.05, 0.1) is 0 Å². The Bertz CT molecular complexity index is 289. The average molecular weight is 271 g/mol. The molecule has 0 aliphatic rings. The number of hydrogen-bond acceptors (Lipinski definition) is 2. The van der Waals surface area contributed by atoms with Crippen LogP contribution in [0.1, 0.15) is 50.6 Å². The fourth-order valence-electron chi connectivity index (χ4n) is 1.59. The maximum Gasteiger partial charge on any atom is 0.0410 e. The highest BCUT2D eigenvalue weighted by molar-refractivity contribution is 9.10. The third-order valence-corrected chi connectivity index (χ3v) is 2.96. The fraction of sp³-hybridized carbons (Fsp3) is 0.583. The minimum absolute atomic E-state index is 0.131. The van der Waals surface area contributed by atoms with Gasteiger partial charge in [-0.25, -0.2) is 0 Å². The third kappa shape index (κ3) is 4.76. The molecule has 0 spiro atoms. The summed E-state index contributed by atoms with van der Waals surface area (Å²) >= 11 is 3.41. The molecule has 0 fully saturated rings. The Morgan fingerprint density at radius 1 is 1.33 bits per heavy atom. The quantitative estimate of drug-likeness (QED) is 0.799. The number of unbranched alkanes of at least 4 members (excludes halogenated alkanes) is 3. The molecule has 2 nitrogen and oxygen atoms in total. The van der Waals surface area contributed by atoms with E-state index in [1.165, 1.54) is 25.7 Å². The average Bonchev–Trinajstić information content (AvgIpc) is 2.24. The molecule has 3 heteroatoms. The van der Waals surface area contributed by atoms with E-state index in [1.807, 2.05) is 6.20 Å². The van der Waals surface area contributed by atoms with Crippen molar-refractivity contribution in [3.8, 4) is 0 Å². The van der Waals surface area contributed by atoms with E-state index in [0.29, 0.717) is 0 Å². The molecule has 0 amide bonds. The fourth-order valence-corrected chi connectivity index (χ4v) is 1.97. The molecule has 1 aromatic heterocycles.